The van der Waals surface area contributed by atoms with Crippen LogP contribution in [0.4, 0.5) is 5.00 Å². The number of hydrogen-bond donors (Lipinski definition) is 1. The number of nitrogens with one attached hydrogen (secondary N) is 1. The maximum Gasteiger partial charge on any atom is 0.341 e. The Kier molecular flexibility index (Phi) is 7.15. The molecule has 1 amide bonds. The molecule has 0 aliphatic carbocycles. The first-order chi connectivity index (χ1) is 12.8. The zero-order chi connectivity index (χ0) is 20.1. The third kappa shape index (κ3) is 4.75. The van der Waals surface area contributed by atoms with Crippen LogP contribution in [0.5, 0.6) is 0 Å². The number of nitrogens with zero attached hydrogens (tertiary/aromatic N) is 3. The molecule has 148 valence electrons. The molecule has 0 unspecified atom stereocenters. The van der Waals surface area contributed by atoms with E-state index in [1.54, 1.807) is 0 Å². The number of rotatable bonds is 8. The first-order valence-corrected chi connectivity index (χ1v) is 9.84. The predicted octanol–water partition coefficient (Wildman–Crippen LogP) is 3.00. The highest BCUT2D eigenvalue weighted by atomic mass is 32.1. The Morgan fingerprint density at radius 1 is 1.33 bits per heavy atom. The smallest absolute Gasteiger partial charge is 0.341 e. The maximum atomic E-state index is 12.5. The summed E-state index contributed by atoms with van der Waals surface area (Å²) < 4.78 is 6.83. The Hall–Kier alpha value is -2.19. The zero-order valence-electron chi connectivity index (χ0n) is 16.9. The van der Waals surface area contributed by atoms with Crippen molar-refractivity contribution in [1.29, 1.82) is 0 Å². The third-order valence-corrected chi connectivity index (χ3v) is 5.63. The SMILES string of the molecule is CCc1c(C)sc(NC(=O)CN(C)Cc2cnn(CC)c2C)c1C(=O)OC. The van der Waals surface area contributed by atoms with Crippen molar-refractivity contribution in [3.63, 3.8) is 0 Å². The Labute approximate surface area is 164 Å². The van der Waals surface area contributed by atoms with Crippen LogP contribution in [0.3, 0.4) is 0 Å². The van der Waals surface area contributed by atoms with E-state index in [9.17, 15) is 9.59 Å². The highest BCUT2D eigenvalue weighted by Gasteiger charge is 2.23. The van der Waals surface area contributed by atoms with Gasteiger partial charge in [-0.25, -0.2) is 4.79 Å². The molecule has 0 saturated heterocycles. The van der Waals surface area contributed by atoms with Crippen molar-refractivity contribution < 1.29 is 14.3 Å². The number of carbonyl (C=O) groups excluding carboxylic acids is 2. The monoisotopic (exact) mass is 392 g/mol. The molecule has 0 bridgehead atoms. The van der Waals surface area contributed by atoms with Crippen LogP contribution in [-0.2, 0) is 29.0 Å². The molecule has 0 atom stereocenters. The van der Waals surface area contributed by atoms with E-state index in [0.717, 1.165) is 28.2 Å². The predicted molar refractivity (Wildman–Crippen MR) is 107 cm³/mol. The lowest BCUT2D eigenvalue weighted by Crippen LogP contribution is -2.30. The van der Waals surface area contributed by atoms with E-state index >= 15 is 0 Å². The van der Waals surface area contributed by atoms with Crippen molar-refractivity contribution in [2.75, 3.05) is 26.0 Å². The molecular weight excluding hydrogens is 364 g/mol. The quantitative estimate of drug-likeness (QED) is 0.699. The van der Waals surface area contributed by atoms with Crippen LogP contribution < -0.4 is 5.32 Å². The highest BCUT2D eigenvalue weighted by molar-refractivity contribution is 7.16. The topological polar surface area (TPSA) is 76.5 Å². The van der Waals surface area contributed by atoms with Gasteiger partial charge in [0.2, 0.25) is 5.91 Å². The van der Waals surface area contributed by atoms with Crippen LogP contribution >= 0.6 is 11.3 Å². The van der Waals surface area contributed by atoms with Crippen LogP contribution in [0.2, 0.25) is 0 Å². The highest BCUT2D eigenvalue weighted by Crippen LogP contribution is 2.34. The normalized spacial score (nSPS) is 11.1. The molecule has 8 heteroatoms. The van der Waals surface area contributed by atoms with Gasteiger partial charge in [0.15, 0.2) is 0 Å². The largest absolute Gasteiger partial charge is 0.465 e. The number of esters is 1. The molecule has 2 heterocycles. The fourth-order valence-electron chi connectivity index (χ4n) is 3.13. The molecule has 2 aromatic heterocycles. The summed E-state index contributed by atoms with van der Waals surface area (Å²) in [4.78, 5) is 27.6. The number of aromatic nitrogens is 2. The molecule has 0 radical (unpaired) electrons. The molecule has 7 nitrogen and oxygen atoms in total. The summed E-state index contributed by atoms with van der Waals surface area (Å²) >= 11 is 1.41. The van der Waals surface area contributed by atoms with Gasteiger partial charge < -0.3 is 10.1 Å². The average Bonchev–Trinajstić information content (AvgIpc) is 3.13. The van der Waals surface area contributed by atoms with Gasteiger partial charge in [-0.3, -0.25) is 14.4 Å². The van der Waals surface area contributed by atoms with E-state index < -0.39 is 5.97 Å². The number of thiophene rings is 1. The van der Waals surface area contributed by atoms with Gasteiger partial charge in [0, 0.05) is 29.2 Å². The number of likely N-dealkylation sites (N-methyl/N-ethyl adjacent to an activating group) is 1. The number of anilines is 1. The molecule has 0 aliphatic heterocycles. The van der Waals surface area contributed by atoms with Gasteiger partial charge in [0.05, 0.1) is 25.4 Å². The standard InChI is InChI=1S/C19H28N4O3S/c1-7-15-13(4)27-18(17(15)19(25)26-6)21-16(24)11-22(5)10-14-9-20-23(8-2)12(14)3/h9H,7-8,10-11H2,1-6H3,(H,21,24). The number of amides is 1. The third-order valence-electron chi connectivity index (χ3n) is 4.56. The van der Waals surface area contributed by atoms with Crippen LogP contribution in [0.15, 0.2) is 6.20 Å². The molecular formula is C19H28N4O3S. The van der Waals surface area contributed by atoms with E-state index in [-0.39, 0.29) is 12.5 Å². The minimum absolute atomic E-state index is 0.160. The zero-order valence-corrected chi connectivity index (χ0v) is 17.7. The Balaban J connectivity index is 2.07. The van der Waals surface area contributed by atoms with Crippen LogP contribution in [-0.4, -0.2) is 47.3 Å². The maximum absolute atomic E-state index is 12.5. The molecule has 1 N–H and O–H groups in total. The lowest BCUT2D eigenvalue weighted by molar-refractivity contribution is -0.117. The van der Waals surface area contributed by atoms with E-state index in [1.807, 2.05) is 50.5 Å². The fourth-order valence-corrected chi connectivity index (χ4v) is 4.28. The number of hydrogen-bond acceptors (Lipinski definition) is 6. The van der Waals surface area contributed by atoms with Crippen molar-refractivity contribution in [2.24, 2.45) is 0 Å². The summed E-state index contributed by atoms with van der Waals surface area (Å²) in [5, 5.41) is 7.78. The fraction of sp³-hybridized carbons (Fsp3) is 0.526. The molecule has 0 spiro atoms. The van der Waals surface area contributed by atoms with Crippen LogP contribution in [0.1, 0.15) is 45.9 Å². The van der Waals surface area contributed by atoms with Crippen molar-refractivity contribution >= 4 is 28.2 Å². The van der Waals surface area contributed by atoms with Gasteiger partial charge in [-0.1, -0.05) is 6.92 Å². The second kappa shape index (κ2) is 9.14. The molecule has 27 heavy (non-hydrogen) atoms. The van der Waals surface area contributed by atoms with E-state index in [4.69, 9.17) is 4.74 Å². The summed E-state index contributed by atoms with van der Waals surface area (Å²) in [6, 6.07) is 0. The minimum Gasteiger partial charge on any atom is -0.465 e. The van der Waals surface area contributed by atoms with Crippen molar-refractivity contribution in [2.45, 2.75) is 47.2 Å². The molecule has 0 aromatic carbocycles. The molecule has 0 aliphatic rings. The summed E-state index contributed by atoms with van der Waals surface area (Å²) in [7, 11) is 3.24. The lowest BCUT2D eigenvalue weighted by atomic mass is 10.1. The first kappa shape index (κ1) is 21.1. The van der Waals surface area contributed by atoms with Gasteiger partial charge in [-0.15, -0.1) is 11.3 Å². The second-order valence-corrected chi connectivity index (χ2v) is 7.70. The van der Waals surface area contributed by atoms with E-state index in [0.29, 0.717) is 23.5 Å². The molecule has 2 rings (SSSR count). The number of methoxy groups -OCH3 is 1. The van der Waals surface area contributed by atoms with Crippen molar-refractivity contribution in [1.82, 2.24) is 14.7 Å². The summed E-state index contributed by atoms with van der Waals surface area (Å²) in [5.74, 6) is -0.574. The average molecular weight is 393 g/mol. The molecule has 2 aromatic rings. The summed E-state index contributed by atoms with van der Waals surface area (Å²) in [5.41, 5.74) is 3.61. The lowest BCUT2D eigenvalue weighted by Gasteiger charge is -2.16. The summed E-state index contributed by atoms with van der Waals surface area (Å²) in [6.07, 6.45) is 2.56. The first-order valence-electron chi connectivity index (χ1n) is 9.02. The molecule has 0 saturated carbocycles. The number of ether oxygens (including phenoxy) is 1. The van der Waals surface area contributed by atoms with Crippen LogP contribution in [0.25, 0.3) is 0 Å². The number of carbonyl (C=O) groups is 2. The van der Waals surface area contributed by atoms with E-state index in [1.165, 1.54) is 18.4 Å². The van der Waals surface area contributed by atoms with Crippen LogP contribution in [0, 0.1) is 13.8 Å². The second-order valence-electron chi connectivity index (χ2n) is 6.48. The van der Waals surface area contributed by atoms with Gasteiger partial charge in [-0.2, -0.15) is 5.10 Å². The van der Waals surface area contributed by atoms with E-state index in [2.05, 4.69) is 10.4 Å². The summed E-state index contributed by atoms with van der Waals surface area (Å²) in [6.45, 7) is 9.69. The Bertz CT molecular complexity index is 825. The van der Waals surface area contributed by atoms with Gasteiger partial charge >= 0.3 is 5.97 Å². The Morgan fingerprint density at radius 2 is 2.04 bits per heavy atom. The Morgan fingerprint density at radius 3 is 2.59 bits per heavy atom. The van der Waals surface area contributed by atoms with Crippen molar-refractivity contribution in [3.8, 4) is 0 Å². The number of aryl methyl sites for hydroxylation is 2. The van der Waals surface area contributed by atoms with Crippen molar-refractivity contribution in [3.05, 3.63) is 33.5 Å². The minimum atomic E-state index is -0.414. The van der Waals surface area contributed by atoms with Gasteiger partial charge in [0.1, 0.15) is 5.00 Å². The van der Waals surface area contributed by atoms with Gasteiger partial charge in [0.25, 0.3) is 0 Å². The molecule has 0 fully saturated rings. The van der Waals surface area contributed by atoms with Gasteiger partial charge in [-0.05, 0) is 39.8 Å².